The topological polar surface area (TPSA) is 63.1 Å². The Kier molecular flexibility index (Phi) is 7.36. The first-order valence-corrected chi connectivity index (χ1v) is 12.0. The van der Waals surface area contributed by atoms with E-state index in [1.54, 1.807) is 13.2 Å². The van der Waals surface area contributed by atoms with Crippen molar-refractivity contribution in [2.45, 2.75) is 38.9 Å². The van der Waals surface area contributed by atoms with Crippen LogP contribution in [0.2, 0.25) is 0 Å². The molecule has 1 aliphatic rings. The van der Waals surface area contributed by atoms with Gasteiger partial charge in [0.2, 0.25) is 0 Å². The first-order chi connectivity index (χ1) is 16.0. The van der Waals surface area contributed by atoms with E-state index in [4.69, 9.17) is 14.5 Å². The van der Waals surface area contributed by atoms with E-state index in [1.165, 1.54) is 5.56 Å². The number of aliphatic imine (C=N–C) groups is 1. The van der Waals surface area contributed by atoms with Crippen LogP contribution in [-0.2, 0) is 6.42 Å². The second kappa shape index (κ2) is 10.4. The van der Waals surface area contributed by atoms with Crippen LogP contribution in [0.25, 0.3) is 0 Å². The molecule has 1 heterocycles. The summed E-state index contributed by atoms with van der Waals surface area (Å²) in [6, 6.07) is 20.1. The lowest BCUT2D eigenvalue weighted by Gasteiger charge is -2.31. The molecule has 0 radical (unpaired) electrons. The Labute approximate surface area is 203 Å². The van der Waals surface area contributed by atoms with Gasteiger partial charge >= 0.3 is 0 Å². The molecule has 0 fully saturated rings. The van der Waals surface area contributed by atoms with Crippen molar-refractivity contribution in [3.8, 4) is 17.2 Å². The summed E-state index contributed by atoms with van der Waals surface area (Å²) >= 11 is 3.59. The standard InChI is InChI=1S/C27H29BrN2O3/c1-4-17-9-11-18(12-10-17)22-16-23(20-7-6-8-25(26(20)31)33-5-2)30-27(29-22)19-13-14-24(32-3)21(28)15-19/h6-15,23,27,30-31H,4-5,16H2,1-3H3/t23-,27-/m0/s1. The number of ether oxygens (including phenoxy) is 2. The SMILES string of the molecule is CCOc1cccc([C@@H]2CC(c3ccc(CC)cc3)=N[C@H](c3ccc(OC)c(Br)c3)N2)c1O. The highest BCUT2D eigenvalue weighted by atomic mass is 79.9. The van der Waals surface area contributed by atoms with Gasteiger partial charge in [-0.2, -0.15) is 0 Å². The third kappa shape index (κ3) is 5.07. The van der Waals surface area contributed by atoms with Crippen molar-refractivity contribution in [1.82, 2.24) is 5.32 Å². The average molecular weight is 509 g/mol. The van der Waals surface area contributed by atoms with Gasteiger partial charge in [-0.3, -0.25) is 10.3 Å². The lowest BCUT2D eigenvalue weighted by atomic mass is 9.93. The lowest BCUT2D eigenvalue weighted by Crippen LogP contribution is -2.33. The number of hydrogen-bond donors (Lipinski definition) is 2. The molecule has 3 aromatic carbocycles. The van der Waals surface area contributed by atoms with Crippen LogP contribution in [0.15, 0.2) is 70.1 Å². The smallest absolute Gasteiger partial charge is 0.162 e. The molecule has 0 amide bonds. The molecule has 0 bridgehead atoms. The molecule has 0 saturated heterocycles. The Bertz CT molecular complexity index is 1140. The quantitative estimate of drug-likeness (QED) is 0.390. The summed E-state index contributed by atoms with van der Waals surface area (Å²) in [6.45, 7) is 4.56. The molecule has 4 rings (SSSR count). The lowest BCUT2D eigenvalue weighted by molar-refractivity contribution is 0.313. The molecule has 2 atom stereocenters. The fourth-order valence-corrected chi connectivity index (χ4v) is 4.69. The van der Waals surface area contributed by atoms with E-state index < -0.39 is 0 Å². The summed E-state index contributed by atoms with van der Waals surface area (Å²) in [7, 11) is 1.65. The largest absolute Gasteiger partial charge is 0.504 e. The molecule has 33 heavy (non-hydrogen) atoms. The Morgan fingerprint density at radius 3 is 2.52 bits per heavy atom. The van der Waals surface area contributed by atoms with Crippen LogP contribution in [0, 0.1) is 0 Å². The summed E-state index contributed by atoms with van der Waals surface area (Å²) < 4.78 is 11.9. The molecule has 0 spiro atoms. The molecular formula is C27H29BrN2O3. The molecule has 172 valence electrons. The maximum Gasteiger partial charge on any atom is 0.162 e. The number of phenols is 1. The number of aryl methyl sites for hydroxylation is 1. The molecule has 0 saturated carbocycles. The number of para-hydroxylation sites is 1. The third-order valence-electron chi connectivity index (χ3n) is 5.93. The minimum atomic E-state index is -0.276. The Morgan fingerprint density at radius 1 is 1.06 bits per heavy atom. The second-order valence-electron chi connectivity index (χ2n) is 7.97. The van der Waals surface area contributed by atoms with Crippen LogP contribution in [0.3, 0.4) is 0 Å². The maximum atomic E-state index is 10.9. The van der Waals surface area contributed by atoms with Gasteiger partial charge in [-0.05, 0) is 64.2 Å². The number of nitrogens with zero attached hydrogens (tertiary/aromatic N) is 1. The van der Waals surface area contributed by atoms with E-state index in [2.05, 4.69) is 52.4 Å². The minimum Gasteiger partial charge on any atom is -0.504 e. The van der Waals surface area contributed by atoms with Gasteiger partial charge in [0.15, 0.2) is 11.5 Å². The fourth-order valence-electron chi connectivity index (χ4n) is 4.13. The van der Waals surface area contributed by atoms with Crippen LogP contribution >= 0.6 is 15.9 Å². The van der Waals surface area contributed by atoms with Gasteiger partial charge in [0.1, 0.15) is 11.9 Å². The van der Waals surface area contributed by atoms with E-state index in [0.717, 1.165) is 39.0 Å². The summed E-state index contributed by atoms with van der Waals surface area (Å²) in [5.74, 6) is 1.44. The number of phenolic OH excluding ortho intramolecular Hbond substituents is 1. The molecule has 6 heteroatoms. The Balaban J connectivity index is 1.75. The van der Waals surface area contributed by atoms with Gasteiger partial charge in [0, 0.05) is 23.7 Å². The zero-order valence-electron chi connectivity index (χ0n) is 19.1. The highest BCUT2D eigenvalue weighted by Crippen LogP contribution is 2.39. The third-order valence-corrected chi connectivity index (χ3v) is 6.55. The summed E-state index contributed by atoms with van der Waals surface area (Å²) in [6.07, 6.45) is 1.38. The second-order valence-corrected chi connectivity index (χ2v) is 8.83. The number of aromatic hydroxyl groups is 1. The van der Waals surface area contributed by atoms with Crippen molar-refractivity contribution in [2.24, 2.45) is 4.99 Å². The predicted molar refractivity (Wildman–Crippen MR) is 136 cm³/mol. The maximum absolute atomic E-state index is 10.9. The Hall–Kier alpha value is -2.83. The fraction of sp³-hybridized carbons (Fsp3) is 0.296. The number of hydrogen-bond acceptors (Lipinski definition) is 5. The number of nitrogens with one attached hydrogen (secondary N) is 1. The van der Waals surface area contributed by atoms with Crippen LogP contribution < -0.4 is 14.8 Å². The molecule has 3 aromatic rings. The van der Waals surface area contributed by atoms with Crippen molar-refractivity contribution < 1.29 is 14.6 Å². The number of rotatable bonds is 7. The first kappa shape index (κ1) is 23.3. The predicted octanol–water partition coefficient (Wildman–Crippen LogP) is 6.35. The van der Waals surface area contributed by atoms with Crippen LogP contribution in [0.4, 0.5) is 0 Å². The first-order valence-electron chi connectivity index (χ1n) is 11.2. The van der Waals surface area contributed by atoms with Crippen LogP contribution in [0.1, 0.15) is 54.7 Å². The normalized spacial score (nSPS) is 18.0. The average Bonchev–Trinajstić information content (AvgIpc) is 2.85. The number of methoxy groups -OCH3 is 1. The van der Waals surface area contributed by atoms with Crippen molar-refractivity contribution >= 4 is 21.6 Å². The van der Waals surface area contributed by atoms with Crippen LogP contribution in [-0.4, -0.2) is 24.5 Å². The van der Waals surface area contributed by atoms with Crippen molar-refractivity contribution in [3.63, 3.8) is 0 Å². The van der Waals surface area contributed by atoms with E-state index in [-0.39, 0.29) is 18.0 Å². The number of benzene rings is 3. The molecule has 0 unspecified atom stereocenters. The van der Waals surface area contributed by atoms with Crippen molar-refractivity contribution in [3.05, 3.63) is 87.4 Å². The summed E-state index contributed by atoms with van der Waals surface area (Å²) in [5, 5.41) is 14.6. The van der Waals surface area contributed by atoms with E-state index >= 15 is 0 Å². The molecule has 0 aliphatic carbocycles. The van der Waals surface area contributed by atoms with Gasteiger partial charge in [-0.1, -0.05) is 49.4 Å². The zero-order valence-corrected chi connectivity index (χ0v) is 20.7. The van der Waals surface area contributed by atoms with Gasteiger partial charge < -0.3 is 14.6 Å². The summed E-state index contributed by atoms with van der Waals surface area (Å²) in [4.78, 5) is 5.07. The highest BCUT2D eigenvalue weighted by molar-refractivity contribution is 9.10. The van der Waals surface area contributed by atoms with Gasteiger partial charge in [0.05, 0.1) is 18.2 Å². The van der Waals surface area contributed by atoms with Gasteiger partial charge in [-0.25, -0.2) is 0 Å². The van der Waals surface area contributed by atoms with Crippen molar-refractivity contribution in [2.75, 3.05) is 13.7 Å². The Morgan fingerprint density at radius 2 is 1.85 bits per heavy atom. The molecular weight excluding hydrogens is 480 g/mol. The highest BCUT2D eigenvalue weighted by Gasteiger charge is 2.29. The van der Waals surface area contributed by atoms with E-state index in [9.17, 15) is 5.11 Å². The van der Waals surface area contributed by atoms with Crippen molar-refractivity contribution in [1.29, 1.82) is 0 Å². The molecule has 5 nitrogen and oxygen atoms in total. The van der Waals surface area contributed by atoms with Gasteiger partial charge in [0.25, 0.3) is 0 Å². The van der Waals surface area contributed by atoms with Gasteiger partial charge in [-0.15, -0.1) is 0 Å². The molecule has 2 N–H and O–H groups in total. The van der Waals surface area contributed by atoms with Crippen LogP contribution in [0.5, 0.6) is 17.2 Å². The zero-order chi connectivity index (χ0) is 23.4. The monoisotopic (exact) mass is 508 g/mol. The molecule has 0 aromatic heterocycles. The molecule has 1 aliphatic heterocycles. The number of halogens is 1. The summed E-state index contributed by atoms with van der Waals surface area (Å²) in [5.41, 5.74) is 5.20. The minimum absolute atomic E-state index is 0.130. The van der Waals surface area contributed by atoms with E-state index in [0.29, 0.717) is 18.8 Å². The van der Waals surface area contributed by atoms with E-state index in [1.807, 2.05) is 37.3 Å².